The Morgan fingerprint density at radius 3 is 2.44 bits per heavy atom. The Bertz CT molecular complexity index is 780. The normalized spacial score (nSPS) is 13.4. The summed E-state index contributed by atoms with van der Waals surface area (Å²) >= 11 is 0. The van der Waals surface area contributed by atoms with E-state index >= 15 is 0 Å². The van der Waals surface area contributed by atoms with Crippen LogP contribution in [0.2, 0.25) is 0 Å². The summed E-state index contributed by atoms with van der Waals surface area (Å²) in [5.74, 6) is 0.872. The molecule has 1 aliphatic heterocycles. The molecule has 0 saturated carbocycles. The minimum Gasteiger partial charge on any atom is -0.493 e. The van der Waals surface area contributed by atoms with Crippen molar-refractivity contribution in [2.45, 2.75) is 32.6 Å². The van der Waals surface area contributed by atoms with E-state index in [0.717, 1.165) is 37.2 Å². The topological polar surface area (TPSA) is 58.6 Å². The fraction of sp³-hybridized carbons (Fsp3) is 0.364. The fourth-order valence-corrected chi connectivity index (χ4v) is 3.16. The molecule has 0 radical (unpaired) electrons. The number of nitrogens with one attached hydrogen (secondary N) is 1. The summed E-state index contributed by atoms with van der Waals surface area (Å²) in [6.45, 7) is 4.17. The molecule has 1 saturated heterocycles. The molecule has 0 aromatic heterocycles. The number of nitrogens with zero attached hydrogens (tertiary/aromatic N) is 1. The Kier molecular flexibility index (Phi) is 6.47. The average Bonchev–Trinajstić information content (AvgIpc) is 3.21. The first kappa shape index (κ1) is 19.0. The van der Waals surface area contributed by atoms with Crippen LogP contribution in [0.3, 0.4) is 0 Å². The number of hydrogen-bond donors (Lipinski definition) is 1. The van der Waals surface area contributed by atoms with Gasteiger partial charge in [0.1, 0.15) is 5.75 Å². The second-order valence-corrected chi connectivity index (χ2v) is 6.84. The van der Waals surface area contributed by atoms with Gasteiger partial charge in [0.2, 0.25) is 5.91 Å². The van der Waals surface area contributed by atoms with Crippen LogP contribution in [0.15, 0.2) is 48.5 Å². The minimum absolute atomic E-state index is 0.0537. The first-order valence-electron chi connectivity index (χ1n) is 9.51. The van der Waals surface area contributed by atoms with Crippen molar-refractivity contribution in [2.24, 2.45) is 0 Å². The lowest BCUT2D eigenvalue weighted by molar-refractivity contribution is -0.116. The van der Waals surface area contributed by atoms with Crippen LogP contribution in [0.25, 0.3) is 0 Å². The number of anilines is 1. The van der Waals surface area contributed by atoms with E-state index in [1.807, 2.05) is 36.1 Å². The summed E-state index contributed by atoms with van der Waals surface area (Å²) in [6, 6.07) is 15.0. The van der Waals surface area contributed by atoms with Crippen LogP contribution in [-0.2, 0) is 4.79 Å². The van der Waals surface area contributed by atoms with Gasteiger partial charge in [0.15, 0.2) is 0 Å². The van der Waals surface area contributed by atoms with Gasteiger partial charge < -0.3 is 15.0 Å². The molecule has 0 spiro atoms. The molecule has 1 aliphatic rings. The number of aryl methyl sites for hydroxylation is 1. The smallest absolute Gasteiger partial charge is 0.253 e. The van der Waals surface area contributed by atoms with Crippen molar-refractivity contribution in [2.75, 3.05) is 25.0 Å². The lowest BCUT2D eigenvalue weighted by atomic mass is 10.2. The molecule has 27 heavy (non-hydrogen) atoms. The molecule has 1 heterocycles. The first-order chi connectivity index (χ1) is 13.1. The Morgan fingerprint density at radius 2 is 1.74 bits per heavy atom. The molecule has 0 bridgehead atoms. The molecule has 1 fully saturated rings. The van der Waals surface area contributed by atoms with Gasteiger partial charge in [0.05, 0.1) is 6.61 Å². The van der Waals surface area contributed by atoms with Gasteiger partial charge in [-0.2, -0.15) is 0 Å². The third kappa shape index (κ3) is 5.33. The molecule has 0 aliphatic carbocycles. The third-order valence-corrected chi connectivity index (χ3v) is 4.71. The molecule has 1 N–H and O–H groups in total. The van der Waals surface area contributed by atoms with E-state index in [1.165, 1.54) is 0 Å². The Balaban J connectivity index is 1.41. The molecule has 5 nitrogen and oxygen atoms in total. The van der Waals surface area contributed by atoms with Crippen molar-refractivity contribution in [3.05, 3.63) is 59.7 Å². The predicted octanol–water partition coefficient (Wildman–Crippen LogP) is 4.03. The van der Waals surface area contributed by atoms with E-state index in [4.69, 9.17) is 4.74 Å². The quantitative estimate of drug-likeness (QED) is 0.753. The van der Waals surface area contributed by atoms with Gasteiger partial charge in [-0.05, 0) is 62.1 Å². The zero-order chi connectivity index (χ0) is 19.1. The summed E-state index contributed by atoms with van der Waals surface area (Å²) in [6.07, 6.45) is 3.19. The molecule has 0 atom stereocenters. The average molecular weight is 366 g/mol. The summed E-state index contributed by atoms with van der Waals surface area (Å²) in [5, 5.41) is 2.87. The zero-order valence-corrected chi connectivity index (χ0v) is 15.7. The number of para-hydroxylation sites is 1. The number of ether oxygens (including phenoxy) is 1. The van der Waals surface area contributed by atoms with Gasteiger partial charge in [0.25, 0.3) is 5.91 Å². The maximum Gasteiger partial charge on any atom is 0.253 e. The third-order valence-electron chi connectivity index (χ3n) is 4.71. The molecule has 2 aromatic rings. The van der Waals surface area contributed by atoms with Gasteiger partial charge in [-0.15, -0.1) is 0 Å². The summed E-state index contributed by atoms with van der Waals surface area (Å²) in [4.78, 5) is 26.3. The van der Waals surface area contributed by atoms with Crippen LogP contribution < -0.4 is 10.1 Å². The van der Waals surface area contributed by atoms with Crippen LogP contribution in [-0.4, -0.2) is 36.4 Å². The number of likely N-dealkylation sites (tertiary alicyclic amines) is 1. The lowest BCUT2D eigenvalue weighted by Crippen LogP contribution is -2.27. The number of rotatable bonds is 7. The van der Waals surface area contributed by atoms with Crippen molar-refractivity contribution in [3.8, 4) is 5.75 Å². The van der Waals surface area contributed by atoms with E-state index in [2.05, 4.69) is 5.32 Å². The first-order valence-corrected chi connectivity index (χ1v) is 9.51. The molecule has 2 amide bonds. The highest BCUT2D eigenvalue weighted by atomic mass is 16.5. The van der Waals surface area contributed by atoms with Gasteiger partial charge in [-0.25, -0.2) is 0 Å². The molecule has 2 aromatic carbocycles. The molecular weight excluding hydrogens is 340 g/mol. The van der Waals surface area contributed by atoms with Crippen LogP contribution in [0.4, 0.5) is 5.69 Å². The maximum absolute atomic E-state index is 12.3. The molecule has 142 valence electrons. The van der Waals surface area contributed by atoms with Crippen molar-refractivity contribution in [1.29, 1.82) is 0 Å². The second kappa shape index (κ2) is 9.21. The van der Waals surface area contributed by atoms with Crippen LogP contribution in [0.1, 0.15) is 41.6 Å². The lowest BCUT2D eigenvalue weighted by Gasteiger charge is -2.15. The highest BCUT2D eigenvalue weighted by Crippen LogP contribution is 2.17. The number of amides is 2. The maximum atomic E-state index is 12.3. The Labute approximate surface area is 160 Å². The SMILES string of the molecule is Cc1ccccc1OCCCC(=O)Nc1ccc(C(=O)N2CCCC2)cc1. The zero-order valence-electron chi connectivity index (χ0n) is 15.7. The second-order valence-electron chi connectivity index (χ2n) is 6.84. The van der Waals surface area contributed by atoms with E-state index in [1.54, 1.807) is 24.3 Å². The van der Waals surface area contributed by atoms with Crippen LogP contribution in [0.5, 0.6) is 5.75 Å². The summed E-state index contributed by atoms with van der Waals surface area (Å²) < 4.78 is 5.71. The largest absolute Gasteiger partial charge is 0.493 e. The van der Waals surface area contributed by atoms with E-state index in [0.29, 0.717) is 30.7 Å². The highest BCUT2D eigenvalue weighted by molar-refractivity contribution is 5.96. The monoisotopic (exact) mass is 366 g/mol. The van der Waals surface area contributed by atoms with Crippen molar-refractivity contribution < 1.29 is 14.3 Å². The number of carbonyl (C=O) groups is 2. The van der Waals surface area contributed by atoms with Crippen LogP contribution >= 0.6 is 0 Å². The fourth-order valence-electron chi connectivity index (χ4n) is 3.16. The van der Waals surface area contributed by atoms with Gasteiger partial charge in [-0.3, -0.25) is 9.59 Å². The predicted molar refractivity (Wildman–Crippen MR) is 106 cm³/mol. The summed E-state index contributed by atoms with van der Waals surface area (Å²) in [5.41, 5.74) is 2.46. The van der Waals surface area contributed by atoms with E-state index in [-0.39, 0.29) is 11.8 Å². The van der Waals surface area contributed by atoms with E-state index < -0.39 is 0 Å². The Morgan fingerprint density at radius 1 is 1.04 bits per heavy atom. The number of benzene rings is 2. The van der Waals surface area contributed by atoms with Crippen molar-refractivity contribution >= 4 is 17.5 Å². The minimum atomic E-state index is -0.0537. The van der Waals surface area contributed by atoms with E-state index in [9.17, 15) is 9.59 Å². The number of carbonyl (C=O) groups excluding carboxylic acids is 2. The van der Waals surface area contributed by atoms with Crippen molar-refractivity contribution in [3.63, 3.8) is 0 Å². The molecule has 3 rings (SSSR count). The standard InChI is InChI=1S/C22H26N2O3/c1-17-7-2-3-8-20(17)27-16-6-9-21(25)23-19-12-10-18(11-13-19)22(26)24-14-4-5-15-24/h2-3,7-8,10-13H,4-6,9,14-16H2,1H3,(H,23,25). The Hall–Kier alpha value is -2.82. The molecule has 5 heteroatoms. The van der Waals surface area contributed by atoms with Gasteiger partial charge in [-0.1, -0.05) is 18.2 Å². The molecule has 0 unspecified atom stereocenters. The highest BCUT2D eigenvalue weighted by Gasteiger charge is 2.19. The number of hydrogen-bond acceptors (Lipinski definition) is 3. The van der Waals surface area contributed by atoms with Crippen molar-refractivity contribution in [1.82, 2.24) is 4.90 Å². The summed E-state index contributed by atoms with van der Waals surface area (Å²) in [7, 11) is 0. The van der Waals surface area contributed by atoms with Crippen LogP contribution in [0, 0.1) is 6.92 Å². The van der Waals surface area contributed by atoms with Gasteiger partial charge in [0, 0.05) is 30.8 Å². The van der Waals surface area contributed by atoms with Gasteiger partial charge >= 0.3 is 0 Å². The molecular formula is C22H26N2O3.